The van der Waals surface area contributed by atoms with Crippen LogP contribution in [0.1, 0.15) is 56.3 Å². The molecule has 100 valence electrons. The van der Waals surface area contributed by atoms with Gasteiger partial charge in [-0.15, -0.1) is 0 Å². The molecule has 0 saturated carbocycles. The molecule has 0 aliphatic rings. The van der Waals surface area contributed by atoms with Gasteiger partial charge in [-0.25, -0.2) is 0 Å². The first-order chi connectivity index (χ1) is 8.65. The zero-order valence-electron chi connectivity index (χ0n) is 11.2. The van der Waals surface area contributed by atoms with Crippen molar-refractivity contribution in [1.29, 1.82) is 0 Å². The molecule has 0 spiro atoms. The van der Waals surface area contributed by atoms with Gasteiger partial charge in [-0.2, -0.15) is 0 Å². The van der Waals surface area contributed by atoms with E-state index in [0.717, 1.165) is 15.6 Å². The molecule has 1 amide bonds. The first kappa shape index (κ1) is 15.5. The van der Waals surface area contributed by atoms with Crippen molar-refractivity contribution in [3.8, 4) is 0 Å². The summed E-state index contributed by atoms with van der Waals surface area (Å²) in [6.07, 6.45) is 6.07. The average molecular weight is 359 g/mol. The molecule has 1 unspecified atom stereocenters. The van der Waals surface area contributed by atoms with Gasteiger partial charge in [0.1, 0.15) is 0 Å². The van der Waals surface area contributed by atoms with Crippen LogP contribution < -0.4 is 5.32 Å². The van der Waals surface area contributed by atoms with E-state index in [4.69, 9.17) is 0 Å². The summed E-state index contributed by atoms with van der Waals surface area (Å²) in [4.78, 5) is 12.0. The van der Waals surface area contributed by atoms with Crippen LogP contribution in [0.4, 0.5) is 0 Å². The fourth-order valence-electron chi connectivity index (χ4n) is 1.90. The highest BCUT2D eigenvalue weighted by molar-refractivity contribution is 14.1. The van der Waals surface area contributed by atoms with Gasteiger partial charge in [-0.3, -0.25) is 4.79 Å². The second-order valence-corrected chi connectivity index (χ2v) is 5.87. The predicted octanol–water partition coefficient (Wildman–Crippen LogP) is 4.38. The summed E-state index contributed by atoms with van der Waals surface area (Å²) in [5.41, 5.74) is 0.776. The summed E-state index contributed by atoms with van der Waals surface area (Å²) < 4.78 is 1.01. The van der Waals surface area contributed by atoms with E-state index in [2.05, 4.69) is 41.8 Å². The molecule has 1 aromatic rings. The normalized spacial score (nSPS) is 12.2. The van der Waals surface area contributed by atoms with Gasteiger partial charge in [-0.05, 0) is 48.1 Å². The van der Waals surface area contributed by atoms with Crippen LogP contribution in [0.25, 0.3) is 0 Å². The van der Waals surface area contributed by atoms with Crippen molar-refractivity contribution < 1.29 is 4.79 Å². The van der Waals surface area contributed by atoms with E-state index in [-0.39, 0.29) is 11.9 Å². The van der Waals surface area contributed by atoms with Crippen molar-refractivity contribution in [2.75, 3.05) is 0 Å². The lowest BCUT2D eigenvalue weighted by atomic mass is 10.1. The van der Waals surface area contributed by atoms with Crippen molar-refractivity contribution in [2.24, 2.45) is 0 Å². The molecule has 18 heavy (non-hydrogen) atoms. The molecule has 0 bridgehead atoms. The monoisotopic (exact) mass is 359 g/mol. The lowest BCUT2D eigenvalue weighted by Crippen LogP contribution is -2.32. The minimum atomic E-state index is 0.0444. The molecule has 1 aromatic carbocycles. The number of carbonyl (C=O) groups excluding carboxylic acids is 1. The van der Waals surface area contributed by atoms with Crippen LogP contribution in [0, 0.1) is 3.57 Å². The van der Waals surface area contributed by atoms with Crippen LogP contribution >= 0.6 is 22.6 Å². The second-order valence-electron chi connectivity index (χ2n) is 4.70. The van der Waals surface area contributed by atoms with Gasteiger partial charge in [0.05, 0.1) is 5.56 Å². The fourth-order valence-corrected chi connectivity index (χ4v) is 2.53. The quantitative estimate of drug-likeness (QED) is 0.568. The molecule has 1 rings (SSSR count). The SMILES string of the molecule is CCCCCCC(C)NC(=O)c1ccccc1I. The molecule has 0 heterocycles. The van der Waals surface area contributed by atoms with Gasteiger partial charge in [-0.1, -0.05) is 44.7 Å². The Bertz CT molecular complexity index is 379. The molecule has 1 N–H and O–H groups in total. The standard InChI is InChI=1S/C15H22INO/c1-3-4-5-6-9-12(2)17-15(18)13-10-7-8-11-14(13)16/h7-8,10-12H,3-6,9H2,1-2H3,(H,17,18). The summed E-state index contributed by atoms with van der Waals surface area (Å²) >= 11 is 2.20. The maximum atomic E-state index is 12.0. The van der Waals surface area contributed by atoms with E-state index >= 15 is 0 Å². The van der Waals surface area contributed by atoms with Crippen LogP contribution in [0.15, 0.2) is 24.3 Å². The Morgan fingerprint density at radius 1 is 1.28 bits per heavy atom. The lowest BCUT2D eigenvalue weighted by Gasteiger charge is -2.14. The van der Waals surface area contributed by atoms with Gasteiger partial charge in [0.2, 0.25) is 0 Å². The summed E-state index contributed by atoms with van der Waals surface area (Å²) in [5, 5.41) is 3.07. The molecule has 0 aromatic heterocycles. The summed E-state index contributed by atoms with van der Waals surface area (Å²) in [6, 6.07) is 7.95. The first-order valence-electron chi connectivity index (χ1n) is 6.70. The van der Waals surface area contributed by atoms with Gasteiger partial charge in [0, 0.05) is 9.61 Å². The zero-order chi connectivity index (χ0) is 13.4. The number of carbonyl (C=O) groups is 1. The minimum Gasteiger partial charge on any atom is -0.350 e. The van der Waals surface area contributed by atoms with Gasteiger partial charge < -0.3 is 5.32 Å². The highest BCUT2D eigenvalue weighted by atomic mass is 127. The first-order valence-corrected chi connectivity index (χ1v) is 7.78. The number of unbranched alkanes of at least 4 members (excludes halogenated alkanes) is 3. The van der Waals surface area contributed by atoms with E-state index in [0.29, 0.717) is 0 Å². The maximum Gasteiger partial charge on any atom is 0.252 e. The Labute approximate surface area is 124 Å². The zero-order valence-corrected chi connectivity index (χ0v) is 13.4. The number of hydrogen-bond donors (Lipinski definition) is 1. The van der Waals surface area contributed by atoms with Crippen molar-refractivity contribution in [3.05, 3.63) is 33.4 Å². The third kappa shape index (κ3) is 5.38. The third-order valence-corrected chi connectivity index (χ3v) is 3.93. The molecule has 0 fully saturated rings. The van der Waals surface area contributed by atoms with Crippen molar-refractivity contribution in [3.63, 3.8) is 0 Å². The van der Waals surface area contributed by atoms with E-state index in [1.165, 1.54) is 25.7 Å². The number of nitrogens with one attached hydrogen (secondary N) is 1. The molecule has 0 radical (unpaired) electrons. The average Bonchev–Trinajstić information content (AvgIpc) is 2.35. The highest BCUT2D eigenvalue weighted by Crippen LogP contribution is 2.12. The third-order valence-electron chi connectivity index (χ3n) is 2.99. The van der Waals surface area contributed by atoms with Crippen molar-refractivity contribution >= 4 is 28.5 Å². The van der Waals surface area contributed by atoms with Crippen LogP contribution in [0.2, 0.25) is 0 Å². The Morgan fingerprint density at radius 2 is 2.00 bits per heavy atom. The number of amides is 1. The van der Waals surface area contributed by atoms with Crippen LogP contribution in [-0.4, -0.2) is 11.9 Å². The van der Waals surface area contributed by atoms with Crippen molar-refractivity contribution in [2.45, 2.75) is 52.0 Å². The number of halogens is 1. The van der Waals surface area contributed by atoms with E-state index in [9.17, 15) is 4.79 Å². The summed E-state index contributed by atoms with van der Waals surface area (Å²) in [5.74, 6) is 0.0444. The number of rotatable bonds is 7. The minimum absolute atomic E-state index is 0.0444. The Morgan fingerprint density at radius 3 is 2.67 bits per heavy atom. The Kier molecular flexibility index (Phi) is 7.32. The molecule has 1 atom stereocenters. The van der Waals surface area contributed by atoms with Crippen molar-refractivity contribution in [1.82, 2.24) is 5.32 Å². The molecule has 0 aliphatic carbocycles. The summed E-state index contributed by atoms with van der Waals surface area (Å²) in [7, 11) is 0. The second kappa shape index (κ2) is 8.51. The van der Waals surface area contributed by atoms with Gasteiger partial charge in [0.15, 0.2) is 0 Å². The fraction of sp³-hybridized carbons (Fsp3) is 0.533. The topological polar surface area (TPSA) is 29.1 Å². The van der Waals surface area contributed by atoms with Gasteiger partial charge in [0.25, 0.3) is 5.91 Å². The van der Waals surface area contributed by atoms with Gasteiger partial charge >= 0.3 is 0 Å². The lowest BCUT2D eigenvalue weighted by molar-refractivity contribution is 0.0937. The number of hydrogen-bond acceptors (Lipinski definition) is 1. The molecular weight excluding hydrogens is 337 g/mol. The Balaban J connectivity index is 2.38. The van der Waals surface area contributed by atoms with E-state index < -0.39 is 0 Å². The van der Waals surface area contributed by atoms with Crippen LogP contribution in [0.5, 0.6) is 0 Å². The Hall–Kier alpha value is -0.580. The molecule has 3 heteroatoms. The molecule has 0 aliphatic heterocycles. The van der Waals surface area contributed by atoms with E-state index in [1.54, 1.807) is 0 Å². The summed E-state index contributed by atoms with van der Waals surface area (Å²) in [6.45, 7) is 4.29. The maximum absolute atomic E-state index is 12.0. The van der Waals surface area contributed by atoms with Crippen LogP contribution in [-0.2, 0) is 0 Å². The smallest absolute Gasteiger partial charge is 0.252 e. The predicted molar refractivity (Wildman–Crippen MR) is 84.8 cm³/mol. The molecule has 0 saturated heterocycles. The number of benzene rings is 1. The molecular formula is C15H22INO. The van der Waals surface area contributed by atoms with Crippen LogP contribution in [0.3, 0.4) is 0 Å². The highest BCUT2D eigenvalue weighted by Gasteiger charge is 2.11. The largest absolute Gasteiger partial charge is 0.350 e. The molecule has 2 nitrogen and oxygen atoms in total. The van der Waals surface area contributed by atoms with E-state index in [1.807, 2.05) is 24.3 Å².